The molecule has 0 amide bonds. The molecule has 4 aromatic rings. The van der Waals surface area contributed by atoms with Crippen LogP contribution in [0.5, 0.6) is 0 Å². The van der Waals surface area contributed by atoms with Crippen molar-refractivity contribution in [3.8, 4) is 0 Å². The topological polar surface area (TPSA) is 64.3 Å². The molecule has 1 N–H and O–H groups in total. The van der Waals surface area contributed by atoms with Gasteiger partial charge in [0.2, 0.25) is 5.65 Å². The Morgan fingerprint density at radius 3 is 2.78 bits per heavy atom. The largest absolute Gasteiger partial charge is 0.277 e. The van der Waals surface area contributed by atoms with Gasteiger partial charge in [-0.25, -0.2) is 10.5 Å². The molecule has 6 nitrogen and oxygen atoms in total. The summed E-state index contributed by atoms with van der Waals surface area (Å²) in [5.41, 5.74) is 6.24. The third-order valence-electron chi connectivity index (χ3n) is 3.45. The number of hydrogen-bond donors (Lipinski definition) is 1. The summed E-state index contributed by atoms with van der Waals surface area (Å²) in [5, 5.41) is 8.74. The molecular formula is C16H12ClN5O. The van der Waals surface area contributed by atoms with Gasteiger partial charge in [0, 0.05) is 5.02 Å². The van der Waals surface area contributed by atoms with Crippen molar-refractivity contribution in [1.29, 1.82) is 0 Å². The summed E-state index contributed by atoms with van der Waals surface area (Å²) in [4.78, 5) is 10.1. The van der Waals surface area contributed by atoms with Crippen molar-refractivity contribution in [2.75, 3.05) is 5.48 Å². The van der Waals surface area contributed by atoms with Gasteiger partial charge in [0.05, 0.1) is 17.6 Å². The molecule has 2 heterocycles. The van der Waals surface area contributed by atoms with E-state index in [1.54, 1.807) is 6.33 Å². The maximum absolute atomic E-state index is 5.87. The minimum atomic E-state index is 0.381. The predicted octanol–water partition coefficient (Wildman–Crippen LogP) is 3.47. The Morgan fingerprint density at radius 1 is 1.09 bits per heavy atom. The van der Waals surface area contributed by atoms with Gasteiger partial charge in [-0.3, -0.25) is 9.24 Å². The highest BCUT2D eigenvalue weighted by molar-refractivity contribution is 6.30. The minimum Gasteiger partial charge on any atom is -0.277 e. The third kappa shape index (κ3) is 2.69. The predicted molar refractivity (Wildman–Crippen MR) is 88.2 cm³/mol. The Hall–Kier alpha value is -2.70. The van der Waals surface area contributed by atoms with Crippen molar-refractivity contribution < 1.29 is 4.84 Å². The summed E-state index contributed by atoms with van der Waals surface area (Å²) in [7, 11) is 0. The summed E-state index contributed by atoms with van der Waals surface area (Å²) in [6, 6.07) is 15.2. The van der Waals surface area contributed by atoms with Gasteiger partial charge in [-0.15, -0.1) is 10.2 Å². The molecule has 0 bridgehead atoms. The van der Waals surface area contributed by atoms with Crippen molar-refractivity contribution in [2.45, 2.75) is 6.61 Å². The summed E-state index contributed by atoms with van der Waals surface area (Å²) in [5.74, 6) is 0.523. The first-order chi connectivity index (χ1) is 11.3. The molecule has 0 aliphatic carbocycles. The molecule has 2 aromatic carbocycles. The Balaban J connectivity index is 1.60. The molecule has 0 atom stereocenters. The first kappa shape index (κ1) is 13.9. The molecule has 0 fully saturated rings. The molecule has 4 rings (SSSR count). The molecule has 0 aliphatic rings. The first-order valence-corrected chi connectivity index (χ1v) is 7.40. The number of benzene rings is 2. The van der Waals surface area contributed by atoms with Crippen LogP contribution in [0.25, 0.3) is 16.7 Å². The fourth-order valence-corrected chi connectivity index (χ4v) is 2.47. The lowest BCUT2D eigenvalue weighted by Gasteiger charge is -2.09. The van der Waals surface area contributed by atoms with Gasteiger partial charge < -0.3 is 0 Å². The first-order valence-electron chi connectivity index (χ1n) is 7.02. The third-order valence-corrected chi connectivity index (χ3v) is 3.71. The molecule has 7 heteroatoms. The standard InChI is InChI=1S/C16H12ClN5O/c17-12-7-5-11(6-8-12)9-23-21-15-16-20-18-10-22(16)14-4-2-1-3-13(14)19-15/h1-8,10H,9H2,(H,19,21). The van der Waals surface area contributed by atoms with Crippen LogP contribution in [0, 0.1) is 0 Å². The maximum Gasteiger partial charge on any atom is 0.206 e. The zero-order valence-corrected chi connectivity index (χ0v) is 12.7. The number of fused-ring (bicyclic) bond motifs is 3. The van der Waals surface area contributed by atoms with Gasteiger partial charge >= 0.3 is 0 Å². The minimum absolute atomic E-state index is 0.381. The molecule has 0 aliphatic heterocycles. The molecule has 23 heavy (non-hydrogen) atoms. The molecule has 0 saturated carbocycles. The summed E-state index contributed by atoms with van der Waals surface area (Å²) in [6.45, 7) is 0.381. The second kappa shape index (κ2) is 5.83. The molecular weight excluding hydrogens is 314 g/mol. The van der Waals surface area contributed by atoms with E-state index in [-0.39, 0.29) is 0 Å². The highest BCUT2D eigenvalue weighted by atomic mass is 35.5. The fourth-order valence-electron chi connectivity index (χ4n) is 2.34. The normalized spacial score (nSPS) is 11.2. The van der Waals surface area contributed by atoms with Crippen molar-refractivity contribution in [3.05, 3.63) is 65.4 Å². The van der Waals surface area contributed by atoms with Crippen LogP contribution in [0.4, 0.5) is 5.82 Å². The van der Waals surface area contributed by atoms with E-state index in [0.29, 0.717) is 23.1 Å². The van der Waals surface area contributed by atoms with Gasteiger partial charge in [-0.2, -0.15) is 0 Å². The van der Waals surface area contributed by atoms with Crippen LogP contribution in [0.2, 0.25) is 5.02 Å². The van der Waals surface area contributed by atoms with E-state index in [0.717, 1.165) is 16.6 Å². The zero-order chi connectivity index (χ0) is 15.6. The number of nitrogens with zero attached hydrogens (tertiary/aromatic N) is 4. The van der Waals surface area contributed by atoms with E-state index in [1.807, 2.05) is 52.9 Å². The van der Waals surface area contributed by atoms with Crippen LogP contribution in [-0.4, -0.2) is 19.6 Å². The Labute approximate surface area is 136 Å². The number of hydrogen-bond acceptors (Lipinski definition) is 5. The van der Waals surface area contributed by atoms with Crippen LogP contribution in [0.15, 0.2) is 54.9 Å². The van der Waals surface area contributed by atoms with Gasteiger partial charge in [0.15, 0.2) is 5.82 Å². The summed E-state index contributed by atoms with van der Waals surface area (Å²) >= 11 is 5.87. The van der Waals surface area contributed by atoms with Crippen LogP contribution in [-0.2, 0) is 11.4 Å². The summed E-state index contributed by atoms with van der Waals surface area (Å²) < 4.78 is 1.87. The quantitative estimate of drug-likeness (QED) is 0.582. The van der Waals surface area contributed by atoms with Crippen LogP contribution >= 0.6 is 11.6 Å². The highest BCUT2D eigenvalue weighted by Crippen LogP contribution is 2.20. The summed E-state index contributed by atoms with van der Waals surface area (Å²) in [6.07, 6.45) is 1.66. The molecule has 2 aromatic heterocycles. The van der Waals surface area contributed by atoms with E-state index in [1.165, 1.54) is 0 Å². The van der Waals surface area contributed by atoms with Crippen molar-refractivity contribution in [2.24, 2.45) is 0 Å². The smallest absolute Gasteiger partial charge is 0.206 e. The Kier molecular flexibility index (Phi) is 3.53. The van der Waals surface area contributed by atoms with Crippen LogP contribution in [0.1, 0.15) is 5.56 Å². The molecule has 0 unspecified atom stereocenters. The SMILES string of the molecule is Clc1ccc(CONc2nc3ccccc3n3cnnc23)cc1. The van der Waals surface area contributed by atoms with Gasteiger partial charge in [-0.1, -0.05) is 35.9 Å². The number of halogens is 1. The monoisotopic (exact) mass is 325 g/mol. The lowest BCUT2D eigenvalue weighted by Crippen LogP contribution is -2.06. The number of para-hydroxylation sites is 2. The number of anilines is 1. The fraction of sp³-hybridized carbons (Fsp3) is 0.0625. The van der Waals surface area contributed by atoms with E-state index < -0.39 is 0 Å². The van der Waals surface area contributed by atoms with E-state index in [4.69, 9.17) is 16.4 Å². The molecule has 114 valence electrons. The van der Waals surface area contributed by atoms with Crippen molar-refractivity contribution in [1.82, 2.24) is 19.6 Å². The van der Waals surface area contributed by atoms with Crippen molar-refractivity contribution in [3.63, 3.8) is 0 Å². The number of nitrogens with one attached hydrogen (secondary N) is 1. The molecule has 0 spiro atoms. The van der Waals surface area contributed by atoms with Gasteiger partial charge in [-0.05, 0) is 29.8 Å². The van der Waals surface area contributed by atoms with Crippen molar-refractivity contribution >= 4 is 34.1 Å². The Bertz CT molecular complexity index is 967. The number of aromatic nitrogens is 4. The Morgan fingerprint density at radius 2 is 1.91 bits per heavy atom. The molecule has 0 radical (unpaired) electrons. The molecule has 0 saturated heterocycles. The van der Waals surface area contributed by atoms with Gasteiger partial charge in [0.25, 0.3) is 0 Å². The second-order valence-corrected chi connectivity index (χ2v) is 5.43. The zero-order valence-electron chi connectivity index (χ0n) is 12.0. The lowest BCUT2D eigenvalue weighted by molar-refractivity contribution is 0.179. The lowest BCUT2D eigenvalue weighted by atomic mass is 10.2. The van der Waals surface area contributed by atoms with Crippen LogP contribution < -0.4 is 5.48 Å². The van der Waals surface area contributed by atoms with E-state index in [9.17, 15) is 0 Å². The average Bonchev–Trinajstić information content (AvgIpc) is 3.07. The highest BCUT2D eigenvalue weighted by Gasteiger charge is 2.09. The average molecular weight is 326 g/mol. The van der Waals surface area contributed by atoms with E-state index >= 15 is 0 Å². The van der Waals surface area contributed by atoms with Gasteiger partial charge in [0.1, 0.15) is 6.33 Å². The van der Waals surface area contributed by atoms with Crippen LogP contribution in [0.3, 0.4) is 0 Å². The second-order valence-electron chi connectivity index (χ2n) is 4.99. The number of rotatable bonds is 4. The van der Waals surface area contributed by atoms with E-state index in [2.05, 4.69) is 20.7 Å². The maximum atomic E-state index is 5.87.